The average molecular weight is 398 g/mol. The lowest BCUT2D eigenvalue weighted by molar-refractivity contribution is 0.686. The molecule has 0 bridgehead atoms. The van der Waals surface area contributed by atoms with Gasteiger partial charge in [0, 0.05) is 26.4 Å². The van der Waals surface area contributed by atoms with E-state index >= 15 is 0 Å². The molecule has 0 saturated carbocycles. The van der Waals surface area contributed by atoms with Crippen molar-refractivity contribution in [2.45, 2.75) is 11.8 Å². The zero-order valence-corrected chi connectivity index (χ0v) is 14.0. The van der Waals surface area contributed by atoms with E-state index in [1.807, 2.05) is 48.5 Å². The van der Waals surface area contributed by atoms with Crippen molar-refractivity contribution in [3.05, 3.63) is 68.8 Å². The van der Waals surface area contributed by atoms with Crippen LogP contribution in [0.3, 0.4) is 0 Å². The quantitative estimate of drug-likeness (QED) is 0.593. The molecule has 0 spiro atoms. The van der Waals surface area contributed by atoms with Gasteiger partial charge in [0.25, 0.3) is 0 Å². The third-order valence-electron chi connectivity index (χ3n) is 2.98. The van der Waals surface area contributed by atoms with Crippen molar-refractivity contribution in [2.24, 2.45) is 5.11 Å². The predicted octanol–water partition coefficient (Wildman–Crippen LogP) is 4.29. The molecule has 0 amide bonds. The van der Waals surface area contributed by atoms with Gasteiger partial charge in [-0.1, -0.05) is 36.4 Å². The predicted molar refractivity (Wildman–Crippen MR) is 90.4 cm³/mol. The van der Waals surface area contributed by atoms with Crippen molar-refractivity contribution in [2.75, 3.05) is 6.26 Å². The van der Waals surface area contributed by atoms with Gasteiger partial charge in [0.1, 0.15) is 6.04 Å². The highest BCUT2D eigenvalue weighted by Crippen LogP contribution is 2.26. The molecule has 5 heteroatoms. The molecular formula is C15H15IN2OS. The molecule has 2 aromatic rings. The molecule has 0 aliphatic rings. The van der Waals surface area contributed by atoms with Crippen LogP contribution in [0.25, 0.3) is 0 Å². The lowest BCUT2D eigenvalue weighted by atomic mass is 9.99. The maximum Gasteiger partial charge on any atom is 0.121 e. The number of nitrogens with zero attached hydrogens (tertiary/aromatic N) is 1. The summed E-state index contributed by atoms with van der Waals surface area (Å²) in [6.45, 7) is 0. The third-order valence-corrected chi connectivity index (χ3v) is 4.44. The van der Waals surface area contributed by atoms with Gasteiger partial charge >= 0.3 is 0 Å². The van der Waals surface area contributed by atoms with Gasteiger partial charge in [0.05, 0.1) is 0 Å². The van der Waals surface area contributed by atoms with Crippen LogP contribution in [0.2, 0.25) is 0 Å². The monoisotopic (exact) mass is 398 g/mol. The van der Waals surface area contributed by atoms with E-state index in [-0.39, 0.29) is 6.04 Å². The number of hydrogen-bond donors (Lipinski definition) is 1. The van der Waals surface area contributed by atoms with Crippen LogP contribution in [-0.2, 0) is 16.6 Å². The molecule has 0 heterocycles. The van der Waals surface area contributed by atoms with Gasteiger partial charge in [0.2, 0.25) is 0 Å². The maximum absolute atomic E-state index is 11.2. The molecule has 0 radical (unpaired) electrons. The van der Waals surface area contributed by atoms with Gasteiger partial charge in [-0.3, -0.25) is 4.21 Å². The van der Waals surface area contributed by atoms with E-state index in [1.54, 1.807) is 6.26 Å². The van der Waals surface area contributed by atoms with Gasteiger partial charge in [-0.15, -0.1) is 0 Å². The van der Waals surface area contributed by atoms with Crippen molar-refractivity contribution < 1.29 is 4.21 Å². The van der Waals surface area contributed by atoms with Crippen LogP contribution in [0, 0.1) is 9.10 Å². The Labute approximate surface area is 134 Å². The molecular weight excluding hydrogens is 383 g/mol. The van der Waals surface area contributed by atoms with Gasteiger partial charge < -0.3 is 0 Å². The minimum atomic E-state index is -0.836. The Morgan fingerprint density at radius 1 is 1.10 bits per heavy atom. The Morgan fingerprint density at radius 2 is 1.60 bits per heavy atom. The molecule has 0 aliphatic heterocycles. The summed E-state index contributed by atoms with van der Waals surface area (Å²) >= 11 is 2.26. The fraction of sp³-hybridized carbons (Fsp3) is 0.200. The van der Waals surface area contributed by atoms with Crippen LogP contribution in [0.5, 0.6) is 0 Å². The Hall–Kier alpha value is -1.08. The zero-order valence-electron chi connectivity index (χ0n) is 11.0. The molecule has 104 valence electrons. The lowest BCUT2D eigenvalue weighted by Gasteiger charge is -2.12. The van der Waals surface area contributed by atoms with Crippen LogP contribution in [-0.4, -0.2) is 10.5 Å². The molecule has 3 nitrogen and oxygen atoms in total. The Kier molecular flexibility index (Phi) is 5.42. The number of rotatable bonds is 5. The first-order valence-corrected chi connectivity index (χ1v) is 8.91. The molecule has 0 fully saturated rings. The highest BCUT2D eigenvalue weighted by Gasteiger charge is 2.12. The van der Waals surface area contributed by atoms with Crippen LogP contribution in [0.15, 0.2) is 53.6 Å². The SMILES string of the molecule is CS(=O)Cc1ccc(C(N=N)c2ccc(I)cc2)cc1. The van der Waals surface area contributed by atoms with Crippen LogP contribution >= 0.6 is 22.6 Å². The number of nitrogens with one attached hydrogen (secondary N) is 1. The molecule has 0 saturated heterocycles. The summed E-state index contributed by atoms with van der Waals surface area (Å²) in [5, 5.41) is 3.74. The summed E-state index contributed by atoms with van der Waals surface area (Å²) in [5.41, 5.74) is 10.5. The second-order valence-corrected chi connectivity index (χ2v) is 7.22. The van der Waals surface area contributed by atoms with Crippen LogP contribution < -0.4 is 0 Å². The molecule has 2 rings (SSSR count). The largest absolute Gasteiger partial charge is 0.260 e. The highest BCUT2D eigenvalue weighted by molar-refractivity contribution is 14.1. The summed E-state index contributed by atoms with van der Waals surface area (Å²) < 4.78 is 12.4. The van der Waals surface area contributed by atoms with Crippen molar-refractivity contribution >= 4 is 33.4 Å². The topological polar surface area (TPSA) is 53.3 Å². The van der Waals surface area contributed by atoms with E-state index in [0.717, 1.165) is 20.3 Å². The smallest absolute Gasteiger partial charge is 0.121 e. The van der Waals surface area contributed by atoms with Gasteiger partial charge in [-0.25, -0.2) is 5.53 Å². The van der Waals surface area contributed by atoms with E-state index in [9.17, 15) is 4.21 Å². The van der Waals surface area contributed by atoms with E-state index in [1.165, 1.54) is 0 Å². The summed E-state index contributed by atoms with van der Waals surface area (Å²) in [6.07, 6.45) is 1.70. The van der Waals surface area contributed by atoms with Crippen molar-refractivity contribution in [1.29, 1.82) is 5.53 Å². The highest BCUT2D eigenvalue weighted by atomic mass is 127. The molecule has 2 atom stereocenters. The minimum absolute atomic E-state index is 0.270. The zero-order chi connectivity index (χ0) is 14.5. The van der Waals surface area contributed by atoms with Crippen LogP contribution in [0.4, 0.5) is 0 Å². The first-order valence-electron chi connectivity index (χ1n) is 6.11. The Balaban J connectivity index is 2.25. The van der Waals surface area contributed by atoms with Gasteiger partial charge in [0.15, 0.2) is 0 Å². The van der Waals surface area contributed by atoms with Gasteiger partial charge in [-0.2, -0.15) is 5.11 Å². The molecule has 1 N–H and O–H groups in total. The normalized spacial score (nSPS) is 13.7. The van der Waals surface area contributed by atoms with E-state index in [4.69, 9.17) is 5.53 Å². The molecule has 2 unspecified atom stereocenters. The van der Waals surface area contributed by atoms with Crippen LogP contribution in [0.1, 0.15) is 22.7 Å². The molecule has 0 aromatic heterocycles. The first-order chi connectivity index (χ1) is 9.60. The minimum Gasteiger partial charge on any atom is -0.260 e. The molecule has 2 aromatic carbocycles. The van der Waals surface area contributed by atoms with Crippen molar-refractivity contribution in [1.82, 2.24) is 0 Å². The van der Waals surface area contributed by atoms with E-state index in [2.05, 4.69) is 27.7 Å². The summed E-state index contributed by atoms with van der Waals surface area (Å²) in [5.74, 6) is 0.562. The maximum atomic E-state index is 11.2. The Morgan fingerprint density at radius 3 is 2.05 bits per heavy atom. The second-order valence-electron chi connectivity index (χ2n) is 4.54. The Bertz CT molecular complexity index is 611. The van der Waals surface area contributed by atoms with E-state index < -0.39 is 10.8 Å². The summed E-state index contributed by atoms with van der Waals surface area (Å²) in [7, 11) is -0.836. The first kappa shape index (κ1) is 15.3. The van der Waals surface area contributed by atoms with Crippen molar-refractivity contribution in [3.8, 4) is 0 Å². The van der Waals surface area contributed by atoms with Crippen molar-refractivity contribution in [3.63, 3.8) is 0 Å². The number of benzene rings is 2. The third kappa shape index (κ3) is 3.96. The molecule has 0 aliphatic carbocycles. The lowest BCUT2D eigenvalue weighted by Crippen LogP contribution is -1.98. The van der Waals surface area contributed by atoms with E-state index in [0.29, 0.717) is 5.75 Å². The second kappa shape index (κ2) is 7.08. The fourth-order valence-corrected chi connectivity index (χ4v) is 3.04. The average Bonchev–Trinajstić information content (AvgIpc) is 2.43. The standard InChI is InChI=1S/C15H15IN2OS/c1-20(19)10-11-2-4-12(5-3-11)15(18-17)13-6-8-14(16)9-7-13/h2-9,15,17H,10H2,1H3. The summed E-state index contributed by atoms with van der Waals surface area (Å²) in [6, 6.07) is 15.6. The number of hydrogen-bond acceptors (Lipinski definition) is 3. The number of halogens is 1. The molecule has 20 heavy (non-hydrogen) atoms. The van der Waals surface area contributed by atoms with Gasteiger partial charge in [-0.05, 0) is 51.4 Å². The summed E-state index contributed by atoms with van der Waals surface area (Å²) in [4.78, 5) is 0. The fourth-order valence-electron chi connectivity index (χ4n) is 2.02.